The van der Waals surface area contributed by atoms with Crippen LogP contribution in [0.25, 0.3) is 0 Å². The minimum atomic E-state index is 0. The molecule has 0 aliphatic carbocycles. The average Bonchev–Trinajstić information content (AvgIpc) is 1.91. The molecule has 0 aliphatic heterocycles. The summed E-state index contributed by atoms with van der Waals surface area (Å²) in [6.45, 7) is 0.848. The van der Waals surface area contributed by atoms with Crippen LogP contribution in [0.15, 0.2) is 24.4 Å². The summed E-state index contributed by atoms with van der Waals surface area (Å²) in [7, 11) is 1.91. The van der Waals surface area contributed by atoms with Gasteiger partial charge in [0.05, 0.1) is 5.69 Å². The van der Waals surface area contributed by atoms with Gasteiger partial charge in [-0.25, -0.2) is 0 Å². The third-order valence-electron chi connectivity index (χ3n) is 1.08. The van der Waals surface area contributed by atoms with Crippen molar-refractivity contribution >= 4 is 24.8 Å². The first-order valence-electron chi connectivity index (χ1n) is 2.98. The van der Waals surface area contributed by atoms with E-state index in [1.54, 1.807) is 6.20 Å². The van der Waals surface area contributed by atoms with Gasteiger partial charge in [-0.1, -0.05) is 6.07 Å². The summed E-state index contributed by atoms with van der Waals surface area (Å²) in [4.78, 5) is 4.11. The van der Waals surface area contributed by atoms with Crippen LogP contribution in [0.3, 0.4) is 0 Å². The number of rotatable bonds is 2. The monoisotopic (exact) mass is 194 g/mol. The van der Waals surface area contributed by atoms with Crippen LogP contribution in [0.4, 0.5) is 0 Å². The molecule has 2 nitrogen and oxygen atoms in total. The van der Waals surface area contributed by atoms with E-state index in [1.165, 1.54) is 0 Å². The lowest BCUT2D eigenvalue weighted by atomic mass is 10.3. The number of hydrogen-bond donors (Lipinski definition) is 1. The molecule has 0 fully saturated rings. The molecule has 0 aliphatic rings. The second-order valence-corrected chi connectivity index (χ2v) is 1.85. The molecule has 0 aromatic carbocycles. The molecule has 1 aromatic heterocycles. The van der Waals surface area contributed by atoms with Crippen molar-refractivity contribution in [3.63, 3.8) is 0 Å². The van der Waals surface area contributed by atoms with Crippen molar-refractivity contribution in [1.29, 1.82) is 0 Å². The molecular weight excluding hydrogens is 183 g/mol. The Hall–Kier alpha value is -0.310. The second kappa shape index (κ2) is 7.79. The highest BCUT2D eigenvalue weighted by molar-refractivity contribution is 5.85. The van der Waals surface area contributed by atoms with Crippen LogP contribution in [0.5, 0.6) is 0 Å². The normalized spacial score (nSPS) is 7.73. The molecule has 0 bridgehead atoms. The molecule has 0 saturated heterocycles. The zero-order valence-corrected chi connectivity index (χ0v) is 7.91. The zero-order chi connectivity index (χ0) is 6.53. The minimum absolute atomic E-state index is 0. The number of aromatic nitrogens is 1. The number of nitrogens with zero attached hydrogens (tertiary/aromatic N) is 1. The molecule has 1 heterocycles. The molecule has 11 heavy (non-hydrogen) atoms. The molecule has 1 aromatic rings. The molecular formula is C7H12Cl2N2. The molecule has 1 rings (SSSR count). The van der Waals surface area contributed by atoms with E-state index >= 15 is 0 Å². The van der Waals surface area contributed by atoms with E-state index in [0.717, 1.165) is 12.2 Å². The van der Waals surface area contributed by atoms with Crippen LogP contribution in [0.2, 0.25) is 0 Å². The summed E-state index contributed by atoms with van der Waals surface area (Å²) in [5, 5.41) is 3.02. The number of pyridine rings is 1. The highest BCUT2D eigenvalue weighted by atomic mass is 35.5. The maximum atomic E-state index is 4.11. The smallest absolute Gasteiger partial charge is 0.0541 e. The third-order valence-corrected chi connectivity index (χ3v) is 1.08. The summed E-state index contributed by atoms with van der Waals surface area (Å²) in [6.07, 6.45) is 1.80. The molecule has 64 valence electrons. The Kier molecular flexibility index (Phi) is 9.42. The lowest BCUT2D eigenvalue weighted by molar-refractivity contribution is 0.791. The van der Waals surface area contributed by atoms with Gasteiger partial charge in [0.2, 0.25) is 0 Å². The van der Waals surface area contributed by atoms with E-state index in [4.69, 9.17) is 0 Å². The van der Waals surface area contributed by atoms with Gasteiger partial charge in [0.1, 0.15) is 0 Å². The number of nitrogens with one attached hydrogen (secondary N) is 1. The van der Waals surface area contributed by atoms with E-state index in [-0.39, 0.29) is 24.8 Å². The molecule has 0 amide bonds. The van der Waals surface area contributed by atoms with Crippen LogP contribution >= 0.6 is 24.8 Å². The summed E-state index contributed by atoms with van der Waals surface area (Å²) in [5.74, 6) is 0. The quantitative estimate of drug-likeness (QED) is 0.775. The molecule has 0 radical (unpaired) electrons. The predicted molar refractivity (Wildman–Crippen MR) is 51.5 cm³/mol. The van der Waals surface area contributed by atoms with Crippen molar-refractivity contribution in [2.75, 3.05) is 7.05 Å². The van der Waals surface area contributed by atoms with Crippen molar-refractivity contribution in [1.82, 2.24) is 10.3 Å². The van der Waals surface area contributed by atoms with Gasteiger partial charge < -0.3 is 5.32 Å². The number of hydrogen-bond acceptors (Lipinski definition) is 2. The topological polar surface area (TPSA) is 24.9 Å². The minimum Gasteiger partial charge on any atom is -0.314 e. The third kappa shape index (κ3) is 5.01. The molecule has 0 unspecified atom stereocenters. The van der Waals surface area contributed by atoms with Gasteiger partial charge in [-0.3, -0.25) is 4.98 Å². The van der Waals surface area contributed by atoms with Crippen molar-refractivity contribution < 1.29 is 0 Å². The average molecular weight is 195 g/mol. The van der Waals surface area contributed by atoms with Gasteiger partial charge in [0, 0.05) is 12.7 Å². The van der Waals surface area contributed by atoms with Gasteiger partial charge in [-0.05, 0) is 19.2 Å². The fourth-order valence-corrected chi connectivity index (χ4v) is 0.684. The van der Waals surface area contributed by atoms with Crippen LogP contribution in [0.1, 0.15) is 5.69 Å². The van der Waals surface area contributed by atoms with E-state index in [9.17, 15) is 0 Å². The van der Waals surface area contributed by atoms with Crippen molar-refractivity contribution in [2.24, 2.45) is 0 Å². The fourth-order valence-electron chi connectivity index (χ4n) is 0.684. The molecule has 0 saturated carbocycles. The first kappa shape index (κ1) is 13.3. The van der Waals surface area contributed by atoms with E-state index < -0.39 is 0 Å². The summed E-state index contributed by atoms with van der Waals surface area (Å²) in [6, 6.07) is 5.90. The Bertz CT molecular complexity index is 167. The maximum Gasteiger partial charge on any atom is 0.0541 e. The zero-order valence-electron chi connectivity index (χ0n) is 6.28. The van der Waals surface area contributed by atoms with Crippen LogP contribution in [-0.4, -0.2) is 12.0 Å². The van der Waals surface area contributed by atoms with E-state index in [1.807, 2.05) is 25.2 Å². The second-order valence-electron chi connectivity index (χ2n) is 1.85. The predicted octanol–water partition coefficient (Wildman–Crippen LogP) is 1.64. The summed E-state index contributed by atoms with van der Waals surface area (Å²) >= 11 is 0. The SMILES string of the molecule is CNCc1ccccn1.Cl.Cl. The maximum absolute atomic E-state index is 4.11. The van der Waals surface area contributed by atoms with Crippen LogP contribution in [0, 0.1) is 0 Å². The highest BCUT2D eigenvalue weighted by Crippen LogP contribution is 1.89. The highest BCUT2D eigenvalue weighted by Gasteiger charge is 1.85. The van der Waals surface area contributed by atoms with Crippen molar-refractivity contribution in [3.05, 3.63) is 30.1 Å². The molecule has 1 N–H and O–H groups in total. The standard InChI is InChI=1S/C7H10N2.2ClH/c1-8-6-7-4-2-3-5-9-7;;/h2-5,8H,6H2,1H3;2*1H. The first-order valence-corrected chi connectivity index (χ1v) is 2.98. The Balaban J connectivity index is 0. The molecule has 4 heteroatoms. The Morgan fingerprint density at radius 1 is 1.36 bits per heavy atom. The largest absolute Gasteiger partial charge is 0.314 e. The van der Waals surface area contributed by atoms with Crippen molar-refractivity contribution in [2.45, 2.75) is 6.54 Å². The van der Waals surface area contributed by atoms with E-state index in [2.05, 4.69) is 10.3 Å². The van der Waals surface area contributed by atoms with Crippen LogP contribution in [-0.2, 0) is 6.54 Å². The van der Waals surface area contributed by atoms with Crippen LogP contribution < -0.4 is 5.32 Å². The van der Waals surface area contributed by atoms with Crippen molar-refractivity contribution in [3.8, 4) is 0 Å². The molecule has 0 spiro atoms. The van der Waals surface area contributed by atoms with Gasteiger partial charge >= 0.3 is 0 Å². The van der Waals surface area contributed by atoms with Gasteiger partial charge in [0.15, 0.2) is 0 Å². The number of halogens is 2. The Morgan fingerprint density at radius 3 is 2.55 bits per heavy atom. The fraction of sp³-hybridized carbons (Fsp3) is 0.286. The first-order chi connectivity index (χ1) is 4.43. The van der Waals surface area contributed by atoms with Gasteiger partial charge in [-0.2, -0.15) is 0 Å². The summed E-state index contributed by atoms with van der Waals surface area (Å²) in [5.41, 5.74) is 1.08. The van der Waals surface area contributed by atoms with E-state index in [0.29, 0.717) is 0 Å². The lowest BCUT2D eigenvalue weighted by Gasteiger charge is -1.94. The Labute approximate surface area is 79.2 Å². The van der Waals surface area contributed by atoms with Gasteiger partial charge in [0.25, 0.3) is 0 Å². The van der Waals surface area contributed by atoms with Gasteiger partial charge in [-0.15, -0.1) is 24.8 Å². The molecule has 0 atom stereocenters. The Morgan fingerprint density at radius 2 is 2.09 bits per heavy atom. The summed E-state index contributed by atoms with van der Waals surface area (Å²) < 4.78 is 0. The lowest BCUT2D eigenvalue weighted by Crippen LogP contribution is -2.05.